The normalized spacial score (nSPS) is 19.7. The number of benzene rings is 4. The number of phenols is 1. The number of phenolic OH excluding ortho intramolecular Hbond substituents is 1. The van der Waals surface area contributed by atoms with Crippen LogP contribution in [0.2, 0.25) is 0 Å². The number of halogens is 3. The summed E-state index contributed by atoms with van der Waals surface area (Å²) in [4.78, 5) is 44.5. The van der Waals surface area contributed by atoms with Crippen LogP contribution in [0.3, 0.4) is 0 Å². The quantitative estimate of drug-likeness (QED) is 0.143. The molecule has 2 N–H and O–H groups in total. The van der Waals surface area contributed by atoms with Crippen LogP contribution in [0.1, 0.15) is 65.6 Å². The first kappa shape index (κ1) is 39.1. The molecule has 4 aliphatic rings. The molecular formula is C46H45F3N4O5S. The summed E-state index contributed by atoms with van der Waals surface area (Å²) in [5, 5.41) is 13.3. The maximum absolute atomic E-state index is 13.3. The van der Waals surface area contributed by atoms with E-state index in [1.165, 1.54) is 29.0 Å². The highest BCUT2D eigenvalue weighted by Crippen LogP contribution is 2.47. The summed E-state index contributed by atoms with van der Waals surface area (Å²) >= 11 is 1.37. The van der Waals surface area contributed by atoms with Crippen LogP contribution in [0.25, 0.3) is 20.5 Å². The second-order valence-corrected chi connectivity index (χ2v) is 17.4. The number of nitrogens with zero attached hydrogens (tertiary/aromatic N) is 3. The van der Waals surface area contributed by atoms with E-state index < -0.39 is 17.8 Å². The lowest BCUT2D eigenvalue weighted by molar-refractivity contribution is -0.138. The number of carbonyl (C=O) groups excluding carboxylic acids is 3. The Kier molecular flexibility index (Phi) is 10.6. The molecule has 1 aromatic heterocycles. The Morgan fingerprint density at radius 1 is 0.814 bits per heavy atom. The van der Waals surface area contributed by atoms with Crippen molar-refractivity contribution in [2.24, 2.45) is 11.8 Å². The summed E-state index contributed by atoms with van der Waals surface area (Å²) in [6.07, 6.45) is 1.68. The number of imide groups is 1. The summed E-state index contributed by atoms with van der Waals surface area (Å²) in [6, 6.07) is 23.6. The molecule has 0 radical (unpaired) electrons. The van der Waals surface area contributed by atoms with Gasteiger partial charge in [0.1, 0.15) is 17.5 Å². The van der Waals surface area contributed by atoms with Gasteiger partial charge in [0.15, 0.2) is 5.75 Å². The van der Waals surface area contributed by atoms with Crippen LogP contribution in [0.4, 0.5) is 18.9 Å². The molecule has 0 bridgehead atoms. The minimum Gasteiger partial charge on any atom is -0.508 e. The van der Waals surface area contributed by atoms with Gasteiger partial charge in [0.2, 0.25) is 11.8 Å². The number of ether oxygens (including phenoxy) is 1. The van der Waals surface area contributed by atoms with Gasteiger partial charge in [0.05, 0.1) is 10.4 Å². The van der Waals surface area contributed by atoms with Crippen molar-refractivity contribution in [3.63, 3.8) is 0 Å². The summed E-state index contributed by atoms with van der Waals surface area (Å²) in [6.45, 7) is 5.60. The Balaban J connectivity index is 0.752. The molecule has 9 rings (SSSR count). The smallest absolute Gasteiger partial charge is 0.416 e. The third-order valence-electron chi connectivity index (χ3n) is 12.5. The topological polar surface area (TPSA) is 102 Å². The number of hydrogen-bond donors (Lipinski definition) is 2. The molecule has 4 aromatic carbocycles. The zero-order valence-corrected chi connectivity index (χ0v) is 33.3. The lowest BCUT2D eigenvalue weighted by atomic mass is 9.89. The predicted molar refractivity (Wildman–Crippen MR) is 221 cm³/mol. The van der Waals surface area contributed by atoms with Gasteiger partial charge in [0, 0.05) is 53.9 Å². The monoisotopic (exact) mass is 822 g/mol. The van der Waals surface area contributed by atoms with E-state index in [4.69, 9.17) is 4.74 Å². The first-order valence-corrected chi connectivity index (χ1v) is 21.2. The first-order valence-electron chi connectivity index (χ1n) is 20.4. The van der Waals surface area contributed by atoms with Gasteiger partial charge in [-0.05, 0) is 141 Å². The average Bonchev–Trinajstić information content (AvgIpc) is 3.75. The summed E-state index contributed by atoms with van der Waals surface area (Å²) in [5.41, 5.74) is 3.84. The third-order valence-corrected chi connectivity index (χ3v) is 13.7. The molecule has 1 atom stereocenters. The van der Waals surface area contributed by atoms with Crippen molar-refractivity contribution in [3.05, 3.63) is 107 Å². The number of likely N-dealkylation sites (tertiary alicyclic amines) is 1. The lowest BCUT2D eigenvalue weighted by Gasteiger charge is -2.38. The SMILES string of the molecule is O=C1CCC(N2Cc3cc(N4CCC(CN5CCC(Cc6ccc(Oc7c(-c8ccc(C(F)(F)F)cc8)sc8cc(O)ccc78)cc6)CC5)CC4)ccc3C2=O)C(=O)N1. The first-order chi connectivity index (χ1) is 28.4. The Morgan fingerprint density at radius 3 is 2.25 bits per heavy atom. The highest BCUT2D eigenvalue weighted by Gasteiger charge is 2.39. The van der Waals surface area contributed by atoms with Crippen LogP contribution < -0.4 is 15.0 Å². The van der Waals surface area contributed by atoms with Gasteiger partial charge in [-0.25, -0.2) is 0 Å². The molecule has 306 valence electrons. The van der Waals surface area contributed by atoms with Crippen LogP contribution in [0.15, 0.2) is 84.9 Å². The van der Waals surface area contributed by atoms with Gasteiger partial charge >= 0.3 is 6.18 Å². The van der Waals surface area contributed by atoms with Crippen LogP contribution in [0, 0.1) is 11.8 Å². The Bertz CT molecular complexity index is 2380. The lowest BCUT2D eigenvalue weighted by Crippen LogP contribution is -2.52. The van der Waals surface area contributed by atoms with Crippen molar-refractivity contribution in [2.75, 3.05) is 37.6 Å². The maximum Gasteiger partial charge on any atom is 0.416 e. The van der Waals surface area contributed by atoms with Crippen LogP contribution >= 0.6 is 11.3 Å². The van der Waals surface area contributed by atoms with E-state index in [-0.39, 0.29) is 29.9 Å². The van der Waals surface area contributed by atoms with Crippen molar-refractivity contribution >= 4 is 44.8 Å². The molecule has 0 aliphatic carbocycles. The van der Waals surface area contributed by atoms with Crippen molar-refractivity contribution in [1.29, 1.82) is 0 Å². The Morgan fingerprint density at radius 2 is 1.54 bits per heavy atom. The van der Waals surface area contributed by atoms with Crippen molar-refractivity contribution in [3.8, 4) is 27.7 Å². The van der Waals surface area contributed by atoms with E-state index in [2.05, 4.69) is 33.3 Å². The van der Waals surface area contributed by atoms with E-state index in [9.17, 15) is 32.7 Å². The molecule has 1 unspecified atom stereocenters. The van der Waals surface area contributed by atoms with Gasteiger partial charge in [-0.15, -0.1) is 11.3 Å². The van der Waals surface area contributed by atoms with E-state index >= 15 is 0 Å². The molecule has 13 heteroatoms. The summed E-state index contributed by atoms with van der Waals surface area (Å²) in [5.74, 6) is 1.72. The number of anilines is 1. The fraction of sp³-hybridized carbons (Fsp3) is 0.370. The molecule has 3 amide bonds. The minimum atomic E-state index is -4.42. The fourth-order valence-electron chi connectivity index (χ4n) is 9.18. The molecule has 0 spiro atoms. The number of amides is 3. The van der Waals surface area contributed by atoms with Crippen LogP contribution in [0.5, 0.6) is 17.2 Å². The molecule has 9 nitrogen and oxygen atoms in total. The Hall–Kier alpha value is -5.40. The van der Waals surface area contributed by atoms with Gasteiger partial charge < -0.3 is 24.5 Å². The highest BCUT2D eigenvalue weighted by atomic mass is 32.1. The fourth-order valence-corrected chi connectivity index (χ4v) is 10.3. The molecule has 0 saturated carbocycles. The van der Waals surface area contributed by atoms with Crippen molar-refractivity contribution < 1.29 is 37.4 Å². The van der Waals surface area contributed by atoms with E-state index in [0.29, 0.717) is 52.3 Å². The van der Waals surface area contributed by atoms with Crippen LogP contribution in [-0.2, 0) is 28.7 Å². The number of rotatable bonds is 9. The van der Waals surface area contributed by atoms with Gasteiger partial charge in [0.25, 0.3) is 5.91 Å². The second kappa shape index (κ2) is 16.0. The number of aromatic hydroxyl groups is 1. The molecule has 3 fully saturated rings. The number of nitrogens with one attached hydrogen (secondary N) is 1. The Labute approximate surface area is 344 Å². The molecule has 3 saturated heterocycles. The number of carbonyl (C=O) groups is 3. The summed E-state index contributed by atoms with van der Waals surface area (Å²) in [7, 11) is 0. The number of alkyl halides is 3. The number of hydrogen-bond acceptors (Lipinski definition) is 8. The second-order valence-electron chi connectivity index (χ2n) is 16.4. The van der Waals surface area contributed by atoms with E-state index in [1.54, 1.807) is 23.1 Å². The van der Waals surface area contributed by atoms with Gasteiger partial charge in [-0.3, -0.25) is 19.7 Å². The van der Waals surface area contributed by atoms with E-state index in [0.717, 1.165) is 98.3 Å². The largest absolute Gasteiger partial charge is 0.508 e. The maximum atomic E-state index is 13.3. The zero-order chi connectivity index (χ0) is 40.8. The molecule has 5 aromatic rings. The predicted octanol–water partition coefficient (Wildman–Crippen LogP) is 9.02. The molecule has 5 heterocycles. The van der Waals surface area contributed by atoms with Crippen molar-refractivity contribution in [1.82, 2.24) is 15.1 Å². The van der Waals surface area contributed by atoms with Gasteiger partial charge in [-0.2, -0.15) is 13.2 Å². The third kappa shape index (κ3) is 8.27. The van der Waals surface area contributed by atoms with Crippen LogP contribution in [-0.4, -0.2) is 71.4 Å². The van der Waals surface area contributed by atoms with Crippen molar-refractivity contribution in [2.45, 2.75) is 63.7 Å². The summed E-state index contributed by atoms with van der Waals surface area (Å²) < 4.78 is 47.0. The molecule has 59 heavy (non-hydrogen) atoms. The zero-order valence-electron chi connectivity index (χ0n) is 32.5. The highest BCUT2D eigenvalue weighted by molar-refractivity contribution is 7.22. The number of fused-ring (bicyclic) bond motifs is 2. The number of thiophene rings is 1. The standard InChI is InChI=1S/C46H45F3N4O5S/c47-46(48,49)33-5-3-31(4-6-33)43-42(38-12-8-35(54)25-40(38)59-43)58-36-9-1-28(2-10-36)23-29-15-19-51(20-16-29)26-30-17-21-52(22-18-30)34-7-11-37-32(24-34)27-53(45(37)57)39-13-14-41(55)50-44(39)56/h1-12,24-25,29-30,39,54H,13-23,26-27H2,(H,50,55,56). The van der Waals surface area contributed by atoms with Gasteiger partial charge in [-0.1, -0.05) is 24.3 Å². The molecule has 4 aliphatic heterocycles. The van der Waals surface area contributed by atoms with E-state index in [1.807, 2.05) is 24.3 Å². The minimum absolute atomic E-state index is 0.109. The average molecular weight is 823 g/mol. The number of piperidine rings is 3. The molecular weight excluding hydrogens is 778 g/mol.